The van der Waals surface area contributed by atoms with E-state index in [1.165, 1.54) is 0 Å². The number of aromatic nitrogens is 1. The van der Waals surface area contributed by atoms with E-state index in [4.69, 9.17) is 14.7 Å². The van der Waals surface area contributed by atoms with Gasteiger partial charge in [-0.25, -0.2) is 4.79 Å². The second-order valence-electron chi connectivity index (χ2n) is 4.27. The highest BCUT2D eigenvalue weighted by molar-refractivity contribution is 5.88. The minimum absolute atomic E-state index is 0.0410. The Balaban J connectivity index is 2.06. The molecular formula is C13H14N2O5. The number of hydrogen-bond acceptors (Lipinski definition) is 5. The van der Waals surface area contributed by atoms with Gasteiger partial charge in [-0.15, -0.1) is 0 Å². The summed E-state index contributed by atoms with van der Waals surface area (Å²) in [5.41, 5.74) is 1.02. The Morgan fingerprint density at radius 1 is 1.35 bits per heavy atom. The van der Waals surface area contributed by atoms with Gasteiger partial charge in [0.05, 0.1) is 6.42 Å². The number of carboxylic acid groups (broad SMARTS) is 1. The molecule has 20 heavy (non-hydrogen) atoms. The number of nitrogens with one attached hydrogen (secondary N) is 1. The third-order valence-electron chi connectivity index (χ3n) is 2.83. The summed E-state index contributed by atoms with van der Waals surface area (Å²) >= 11 is 0. The Kier molecular flexibility index (Phi) is 4.31. The van der Waals surface area contributed by atoms with Gasteiger partial charge in [-0.3, -0.25) is 4.79 Å². The molecule has 1 unspecified atom stereocenters. The van der Waals surface area contributed by atoms with Crippen LogP contribution in [0.4, 0.5) is 0 Å². The van der Waals surface area contributed by atoms with Crippen LogP contribution in [-0.4, -0.2) is 39.9 Å². The number of aliphatic hydroxyl groups excluding tert-OH is 1. The first kappa shape index (κ1) is 14.0. The molecule has 106 valence electrons. The molecule has 2 aromatic rings. The largest absolute Gasteiger partial charge is 0.480 e. The number of para-hydroxylation sites is 1. The van der Waals surface area contributed by atoms with Crippen LogP contribution in [0.25, 0.3) is 11.0 Å². The van der Waals surface area contributed by atoms with E-state index in [2.05, 4.69) is 10.5 Å². The molecule has 0 aliphatic rings. The fourth-order valence-electron chi connectivity index (χ4n) is 1.85. The monoisotopic (exact) mass is 278 g/mol. The lowest BCUT2D eigenvalue weighted by Crippen LogP contribution is -2.42. The normalized spacial score (nSPS) is 12.2. The van der Waals surface area contributed by atoms with Crippen LogP contribution >= 0.6 is 0 Å². The van der Waals surface area contributed by atoms with E-state index in [1.807, 2.05) is 0 Å². The van der Waals surface area contributed by atoms with Crippen LogP contribution in [0.1, 0.15) is 12.1 Å². The van der Waals surface area contributed by atoms with E-state index in [9.17, 15) is 9.59 Å². The van der Waals surface area contributed by atoms with Crippen LogP contribution in [0.3, 0.4) is 0 Å². The van der Waals surface area contributed by atoms with Crippen LogP contribution in [0.2, 0.25) is 0 Å². The van der Waals surface area contributed by atoms with Crippen LogP contribution in [0.5, 0.6) is 0 Å². The van der Waals surface area contributed by atoms with Gasteiger partial charge in [-0.2, -0.15) is 0 Å². The second-order valence-corrected chi connectivity index (χ2v) is 4.27. The van der Waals surface area contributed by atoms with Crippen LogP contribution < -0.4 is 5.32 Å². The quantitative estimate of drug-likeness (QED) is 0.701. The molecule has 1 heterocycles. The Hall–Kier alpha value is -2.41. The number of fused-ring (bicyclic) bond motifs is 1. The van der Waals surface area contributed by atoms with Gasteiger partial charge in [-0.1, -0.05) is 17.3 Å². The fourth-order valence-corrected chi connectivity index (χ4v) is 1.85. The molecule has 0 saturated carbocycles. The number of carbonyl (C=O) groups excluding carboxylic acids is 1. The number of aliphatic carboxylic acids is 1. The molecule has 7 heteroatoms. The molecule has 1 amide bonds. The number of nitrogens with zero attached hydrogens (tertiary/aromatic N) is 1. The molecule has 1 aromatic heterocycles. The lowest BCUT2D eigenvalue weighted by atomic mass is 10.1. The van der Waals surface area contributed by atoms with Crippen molar-refractivity contribution in [2.45, 2.75) is 18.9 Å². The van der Waals surface area contributed by atoms with Gasteiger partial charge in [-0.05, 0) is 12.1 Å². The van der Waals surface area contributed by atoms with Crippen molar-refractivity contribution < 1.29 is 24.3 Å². The van der Waals surface area contributed by atoms with Gasteiger partial charge < -0.3 is 20.1 Å². The van der Waals surface area contributed by atoms with Crippen LogP contribution in [0.15, 0.2) is 28.8 Å². The van der Waals surface area contributed by atoms with Crippen LogP contribution in [0, 0.1) is 0 Å². The third-order valence-corrected chi connectivity index (χ3v) is 2.83. The summed E-state index contributed by atoms with van der Waals surface area (Å²) in [5.74, 6) is -1.66. The first-order valence-electron chi connectivity index (χ1n) is 6.08. The lowest BCUT2D eigenvalue weighted by molar-refractivity contribution is -0.142. The summed E-state index contributed by atoms with van der Waals surface area (Å²) < 4.78 is 5.06. The molecule has 0 spiro atoms. The molecule has 0 fully saturated rings. The minimum atomic E-state index is -1.18. The van der Waals surface area contributed by atoms with Gasteiger partial charge in [0, 0.05) is 18.4 Å². The van der Waals surface area contributed by atoms with Crippen molar-refractivity contribution in [3.63, 3.8) is 0 Å². The van der Waals surface area contributed by atoms with E-state index in [-0.39, 0.29) is 19.4 Å². The van der Waals surface area contributed by atoms with Crippen LogP contribution in [-0.2, 0) is 16.0 Å². The fraction of sp³-hybridized carbons (Fsp3) is 0.308. The highest BCUT2D eigenvalue weighted by Gasteiger charge is 2.20. The maximum Gasteiger partial charge on any atom is 0.326 e. The Morgan fingerprint density at radius 2 is 2.10 bits per heavy atom. The minimum Gasteiger partial charge on any atom is -0.480 e. The zero-order valence-corrected chi connectivity index (χ0v) is 10.6. The number of hydrogen-bond donors (Lipinski definition) is 3. The van der Waals surface area contributed by atoms with Gasteiger partial charge in [0.15, 0.2) is 5.58 Å². The standard InChI is InChI=1S/C13H14N2O5/c16-6-5-9(13(18)19)14-12(17)7-10-8-3-1-2-4-11(8)20-15-10/h1-4,9,16H,5-7H2,(H,14,17)(H,18,19). The van der Waals surface area contributed by atoms with Crippen molar-refractivity contribution in [3.05, 3.63) is 30.0 Å². The number of aliphatic hydroxyl groups is 1. The van der Waals surface area contributed by atoms with E-state index < -0.39 is 17.9 Å². The first-order chi connectivity index (χ1) is 9.61. The molecule has 0 aliphatic carbocycles. The summed E-state index contributed by atoms with van der Waals surface area (Å²) in [6.07, 6.45) is -0.118. The smallest absolute Gasteiger partial charge is 0.326 e. The zero-order valence-electron chi connectivity index (χ0n) is 10.6. The Labute approximate surface area is 114 Å². The molecule has 0 saturated heterocycles. The molecule has 1 atom stereocenters. The van der Waals surface area contributed by atoms with E-state index in [0.29, 0.717) is 11.3 Å². The van der Waals surface area contributed by atoms with Crippen molar-refractivity contribution >= 4 is 22.8 Å². The predicted octanol–water partition coefficient (Wildman–Crippen LogP) is 0.322. The highest BCUT2D eigenvalue weighted by Crippen LogP contribution is 2.18. The van der Waals surface area contributed by atoms with E-state index in [1.54, 1.807) is 24.3 Å². The summed E-state index contributed by atoms with van der Waals surface area (Å²) in [5, 5.41) is 24.5. The van der Waals surface area contributed by atoms with Gasteiger partial charge in [0.25, 0.3) is 0 Å². The highest BCUT2D eigenvalue weighted by atomic mass is 16.5. The van der Waals surface area contributed by atoms with E-state index in [0.717, 1.165) is 5.39 Å². The molecule has 3 N–H and O–H groups in total. The number of rotatable bonds is 6. The summed E-state index contributed by atoms with van der Waals surface area (Å²) in [6, 6.07) is 5.99. The summed E-state index contributed by atoms with van der Waals surface area (Å²) in [6.45, 7) is -0.315. The van der Waals surface area contributed by atoms with Gasteiger partial charge >= 0.3 is 5.97 Å². The lowest BCUT2D eigenvalue weighted by Gasteiger charge is -2.12. The van der Waals surface area contributed by atoms with Gasteiger partial charge in [0.2, 0.25) is 5.91 Å². The maximum atomic E-state index is 11.8. The SMILES string of the molecule is O=C(Cc1noc2ccccc12)NC(CCO)C(=O)O. The third kappa shape index (κ3) is 3.12. The molecule has 2 rings (SSSR count). The Bertz CT molecular complexity index is 622. The first-order valence-corrected chi connectivity index (χ1v) is 6.08. The molecular weight excluding hydrogens is 264 g/mol. The predicted molar refractivity (Wildman–Crippen MR) is 69.0 cm³/mol. The molecule has 0 bridgehead atoms. The van der Waals surface area contributed by atoms with Crippen molar-refractivity contribution in [2.75, 3.05) is 6.61 Å². The molecule has 0 aliphatic heterocycles. The number of carboxylic acids is 1. The maximum absolute atomic E-state index is 11.8. The molecule has 0 radical (unpaired) electrons. The number of amides is 1. The number of carbonyl (C=O) groups is 2. The summed E-state index contributed by atoms with van der Waals surface area (Å²) in [4.78, 5) is 22.7. The van der Waals surface area contributed by atoms with Gasteiger partial charge in [0.1, 0.15) is 11.7 Å². The van der Waals surface area contributed by atoms with E-state index >= 15 is 0 Å². The average molecular weight is 278 g/mol. The van der Waals surface area contributed by atoms with Crippen molar-refractivity contribution in [1.29, 1.82) is 0 Å². The van der Waals surface area contributed by atoms with Crippen molar-refractivity contribution in [3.8, 4) is 0 Å². The second kappa shape index (κ2) is 6.16. The number of benzene rings is 1. The Morgan fingerprint density at radius 3 is 2.80 bits per heavy atom. The molecule has 1 aromatic carbocycles. The average Bonchev–Trinajstić information content (AvgIpc) is 2.81. The van der Waals surface area contributed by atoms with Crippen molar-refractivity contribution in [2.24, 2.45) is 0 Å². The van der Waals surface area contributed by atoms with Crippen molar-refractivity contribution in [1.82, 2.24) is 10.5 Å². The molecule has 7 nitrogen and oxygen atoms in total. The zero-order chi connectivity index (χ0) is 14.5. The summed E-state index contributed by atoms with van der Waals surface area (Å²) in [7, 11) is 0. The topological polar surface area (TPSA) is 113 Å².